The van der Waals surface area contributed by atoms with E-state index in [9.17, 15) is 4.79 Å². The van der Waals surface area contributed by atoms with Gasteiger partial charge in [0.2, 0.25) is 5.91 Å². The first kappa shape index (κ1) is 15.6. The second-order valence-corrected chi connectivity index (χ2v) is 6.36. The zero-order valence-electron chi connectivity index (χ0n) is 13.1. The fraction of sp³-hybridized carbons (Fsp3) is 0.706. The molecule has 0 aromatic carbocycles. The summed E-state index contributed by atoms with van der Waals surface area (Å²) in [5.41, 5.74) is 0. The average molecular weight is 306 g/mol. The Morgan fingerprint density at radius 3 is 2.82 bits per heavy atom. The summed E-state index contributed by atoms with van der Waals surface area (Å²) in [4.78, 5) is 14.6. The van der Waals surface area contributed by atoms with Gasteiger partial charge in [0.15, 0.2) is 0 Å². The first-order valence-corrected chi connectivity index (χ1v) is 8.45. The van der Waals surface area contributed by atoms with E-state index in [2.05, 4.69) is 10.2 Å². The van der Waals surface area contributed by atoms with Crippen molar-refractivity contribution >= 4 is 5.91 Å². The van der Waals surface area contributed by atoms with E-state index < -0.39 is 0 Å². The number of carbonyl (C=O) groups is 1. The third-order valence-corrected chi connectivity index (χ3v) is 4.70. The molecule has 0 radical (unpaired) electrons. The predicted octanol–water partition coefficient (Wildman–Crippen LogP) is 2.18. The van der Waals surface area contributed by atoms with E-state index in [4.69, 9.17) is 9.15 Å². The lowest BCUT2D eigenvalue weighted by Crippen LogP contribution is -2.43. The standard InChI is InChI=1S/C17H26N2O3/c20-17(18-12-15-4-1-2-10-21-15)14-6-8-19(9-7-14)13-16-5-3-11-22-16/h3,5,11,14-15H,1-2,4,6-10,12-13H2,(H,18,20)/t15-/m1/s1. The molecule has 0 aliphatic carbocycles. The topological polar surface area (TPSA) is 54.7 Å². The summed E-state index contributed by atoms with van der Waals surface area (Å²) in [5.74, 6) is 1.35. The zero-order valence-corrected chi connectivity index (χ0v) is 13.1. The van der Waals surface area contributed by atoms with Crippen LogP contribution in [0.25, 0.3) is 0 Å². The molecule has 0 saturated carbocycles. The van der Waals surface area contributed by atoms with Crippen molar-refractivity contribution in [2.75, 3.05) is 26.2 Å². The van der Waals surface area contributed by atoms with Gasteiger partial charge in [0.25, 0.3) is 0 Å². The number of furan rings is 1. The highest BCUT2D eigenvalue weighted by Gasteiger charge is 2.26. The van der Waals surface area contributed by atoms with Crippen molar-refractivity contribution in [2.24, 2.45) is 5.92 Å². The number of carbonyl (C=O) groups excluding carboxylic acids is 1. The molecular weight excluding hydrogens is 280 g/mol. The van der Waals surface area contributed by atoms with E-state index >= 15 is 0 Å². The van der Waals surface area contributed by atoms with E-state index in [1.165, 1.54) is 6.42 Å². The summed E-state index contributed by atoms with van der Waals surface area (Å²) in [7, 11) is 0. The van der Waals surface area contributed by atoms with E-state index in [1.807, 2.05) is 12.1 Å². The molecule has 2 saturated heterocycles. The molecule has 1 amide bonds. The Balaban J connectivity index is 1.36. The molecule has 2 fully saturated rings. The highest BCUT2D eigenvalue weighted by Crippen LogP contribution is 2.19. The molecule has 122 valence electrons. The Morgan fingerprint density at radius 2 is 2.14 bits per heavy atom. The normalized spacial score (nSPS) is 24.3. The van der Waals surface area contributed by atoms with Crippen molar-refractivity contribution in [3.8, 4) is 0 Å². The molecule has 0 unspecified atom stereocenters. The Morgan fingerprint density at radius 1 is 1.27 bits per heavy atom. The van der Waals surface area contributed by atoms with Gasteiger partial charge in [-0.25, -0.2) is 0 Å². The average Bonchev–Trinajstić information content (AvgIpc) is 3.07. The number of nitrogens with one attached hydrogen (secondary N) is 1. The van der Waals surface area contributed by atoms with Crippen LogP contribution in [-0.2, 0) is 16.1 Å². The molecule has 2 aliphatic rings. The smallest absolute Gasteiger partial charge is 0.223 e. The quantitative estimate of drug-likeness (QED) is 0.906. The third-order valence-electron chi connectivity index (χ3n) is 4.70. The molecule has 0 spiro atoms. The summed E-state index contributed by atoms with van der Waals surface area (Å²) in [6, 6.07) is 3.92. The van der Waals surface area contributed by atoms with Crippen molar-refractivity contribution in [2.45, 2.75) is 44.8 Å². The minimum absolute atomic E-state index is 0.149. The monoisotopic (exact) mass is 306 g/mol. The molecular formula is C17H26N2O3. The number of nitrogens with zero attached hydrogens (tertiary/aromatic N) is 1. The lowest BCUT2D eigenvalue weighted by Gasteiger charge is -2.31. The Bertz CT molecular complexity index is 446. The molecule has 1 N–H and O–H groups in total. The number of rotatable bonds is 5. The van der Waals surface area contributed by atoms with Gasteiger partial charge in [0.1, 0.15) is 5.76 Å². The van der Waals surface area contributed by atoms with Crippen LogP contribution < -0.4 is 5.32 Å². The summed E-state index contributed by atoms with van der Waals surface area (Å²) in [6.07, 6.45) is 7.22. The summed E-state index contributed by atoms with van der Waals surface area (Å²) < 4.78 is 11.0. The van der Waals surface area contributed by atoms with E-state index in [0.29, 0.717) is 6.54 Å². The highest BCUT2D eigenvalue weighted by molar-refractivity contribution is 5.78. The number of amides is 1. The van der Waals surface area contributed by atoms with Gasteiger partial charge in [-0.2, -0.15) is 0 Å². The number of hydrogen-bond acceptors (Lipinski definition) is 4. The van der Waals surface area contributed by atoms with Crippen LogP contribution in [0, 0.1) is 5.92 Å². The highest BCUT2D eigenvalue weighted by atomic mass is 16.5. The fourth-order valence-electron chi connectivity index (χ4n) is 3.30. The molecule has 3 heterocycles. The molecule has 1 aromatic rings. The van der Waals surface area contributed by atoms with Crippen molar-refractivity contribution in [3.63, 3.8) is 0 Å². The number of piperidine rings is 1. The minimum Gasteiger partial charge on any atom is -0.468 e. The van der Waals surface area contributed by atoms with E-state index in [1.54, 1.807) is 6.26 Å². The Kier molecular flexibility index (Phi) is 5.51. The number of ether oxygens (including phenoxy) is 1. The van der Waals surface area contributed by atoms with Crippen molar-refractivity contribution in [1.82, 2.24) is 10.2 Å². The van der Waals surface area contributed by atoms with E-state index in [-0.39, 0.29) is 17.9 Å². The first-order valence-electron chi connectivity index (χ1n) is 8.45. The van der Waals surface area contributed by atoms with Crippen LogP contribution in [0.1, 0.15) is 37.9 Å². The van der Waals surface area contributed by atoms with Gasteiger partial charge in [0.05, 0.1) is 18.9 Å². The number of likely N-dealkylation sites (tertiary alicyclic amines) is 1. The Hall–Kier alpha value is -1.33. The zero-order chi connectivity index (χ0) is 15.2. The second kappa shape index (κ2) is 7.79. The van der Waals surface area contributed by atoms with Crippen LogP contribution in [0.3, 0.4) is 0 Å². The summed E-state index contributed by atoms with van der Waals surface area (Å²) in [5, 5.41) is 3.08. The minimum atomic E-state index is 0.149. The molecule has 2 aliphatic heterocycles. The second-order valence-electron chi connectivity index (χ2n) is 6.36. The van der Waals surface area contributed by atoms with Gasteiger partial charge in [-0.1, -0.05) is 0 Å². The maximum Gasteiger partial charge on any atom is 0.223 e. The molecule has 1 aromatic heterocycles. The van der Waals surface area contributed by atoms with Gasteiger partial charge in [0, 0.05) is 19.1 Å². The van der Waals surface area contributed by atoms with Crippen molar-refractivity contribution in [1.29, 1.82) is 0 Å². The molecule has 5 heteroatoms. The van der Waals surface area contributed by atoms with Crippen LogP contribution in [0.4, 0.5) is 0 Å². The first-order chi connectivity index (χ1) is 10.8. The molecule has 5 nitrogen and oxygen atoms in total. The molecule has 22 heavy (non-hydrogen) atoms. The van der Waals surface area contributed by atoms with Gasteiger partial charge >= 0.3 is 0 Å². The Labute approximate surface area is 132 Å². The lowest BCUT2D eigenvalue weighted by molar-refractivity contribution is -0.127. The van der Waals surface area contributed by atoms with Gasteiger partial charge in [-0.3, -0.25) is 9.69 Å². The van der Waals surface area contributed by atoms with E-state index in [0.717, 1.165) is 57.7 Å². The fourth-order valence-corrected chi connectivity index (χ4v) is 3.30. The molecule has 0 bridgehead atoms. The largest absolute Gasteiger partial charge is 0.468 e. The number of hydrogen-bond donors (Lipinski definition) is 1. The van der Waals surface area contributed by atoms with Crippen molar-refractivity contribution < 1.29 is 13.9 Å². The summed E-state index contributed by atoms with van der Waals surface area (Å²) >= 11 is 0. The van der Waals surface area contributed by atoms with Crippen LogP contribution in [0.15, 0.2) is 22.8 Å². The van der Waals surface area contributed by atoms with Gasteiger partial charge in [-0.15, -0.1) is 0 Å². The SMILES string of the molecule is O=C(NC[C@H]1CCCCO1)C1CCN(Cc2ccco2)CC1. The van der Waals surface area contributed by atoms with Crippen molar-refractivity contribution in [3.05, 3.63) is 24.2 Å². The predicted molar refractivity (Wildman–Crippen MR) is 83.3 cm³/mol. The van der Waals surface area contributed by atoms with Crippen LogP contribution in [0.5, 0.6) is 0 Å². The maximum atomic E-state index is 12.3. The maximum absolute atomic E-state index is 12.3. The van der Waals surface area contributed by atoms with Crippen LogP contribution in [-0.4, -0.2) is 43.2 Å². The summed E-state index contributed by atoms with van der Waals surface area (Å²) in [6.45, 7) is 4.27. The van der Waals surface area contributed by atoms with Crippen LogP contribution >= 0.6 is 0 Å². The third kappa shape index (κ3) is 4.34. The molecule has 1 atom stereocenters. The lowest BCUT2D eigenvalue weighted by atomic mass is 9.95. The molecule has 3 rings (SSSR count). The van der Waals surface area contributed by atoms with Gasteiger partial charge in [-0.05, 0) is 57.3 Å². The van der Waals surface area contributed by atoms with Crippen LogP contribution in [0.2, 0.25) is 0 Å². The van der Waals surface area contributed by atoms with Gasteiger partial charge < -0.3 is 14.5 Å².